The third kappa shape index (κ3) is 2.97. The van der Waals surface area contributed by atoms with E-state index in [4.69, 9.17) is 22.3 Å². The van der Waals surface area contributed by atoms with Gasteiger partial charge in [-0.15, -0.1) is 10.2 Å². The number of hydrogen-bond donors (Lipinski definition) is 0. The maximum Gasteiger partial charge on any atom is 0.296 e. The highest BCUT2D eigenvalue weighted by atomic mass is 35.7. The van der Waals surface area contributed by atoms with Crippen LogP contribution in [0.15, 0.2) is 23.4 Å². The number of hydrogen-bond acceptors (Lipinski definition) is 4. The van der Waals surface area contributed by atoms with Gasteiger partial charge in [0.05, 0.1) is 0 Å². The average molecular weight is 334 g/mol. The molecule has 0 saturated heterocycles. The van der Waals surface area contributed by atoms with Crippen LogP contribution in [0.4, 0.5) is 0 Å². The fourth-order valence-corrected chi connectivity index (χ4v) is 2.94. The highest BCUT2D eigenvalue weighted by Gasteiger charge is 2.23. The van der Waals surface area contributed by atoms with Gasteiger partial charge >= 0.3 is 0 Å². The zero-order valence-electron chi connectivity index (χ0n) is 11.0. The first-order valence-electron chi connectivity index (χ1n) is 5.99. The van der Waals surface area contributed by atoms with Gasteiger partial charge in [-0.2, -0.15) is 0 Å². The van der Waals surface area contributed by atoms with Crippen LogP contribution >= 0.6 is 22.3 Å². The maximum absolute atomic E-state index is 11.5. The monoisotopic (exact) mass is 333 g/mol. The molecular formula is C12H13Cl2N3O2S. The number of nitrogens with zero attached hydrogens (tertiary/aromatic N) is 3. The molecule has 0 atom stereocenters. The molecule has 1 aromatic heterocycles. The van der Waals surface area contributed by atoms with Crippen molar-refractivity contribution in [3.63, 3.8) is 0 Å². The molecule has 0 bridgehead atoms. The minimum absolute atomic E-state index is 0.243. The molecule has 5 nitrogen and oxygen atoms in total. The van der Waals surface area contributed by atoms with E-state index in [0.717, 1.165) is 12.0 Å². The lowest BCUT2D eigenvalue weighted by Gasteiger charge is -2.08. The first-order valence-corrected chi connectivity index (χ1v) is 8.67. The largest absolute Gasteiger partial charge is 0.297 e. The number of rotatable bonds is 4. The molecule has 2 rings (SSSR count). The van der Waals surface area contributed by atoms with Gasteiger partial charge in [-0.25, -0.2) is 8.42 Å². The Labute approximate surface area is 127 Å². The first kappa shape index (κ1) is 15.3. The average Bonchev–Trinajstić information content (AvgIpc) is 2.77. The van der Waals surface area contributed by atoms with Gasteiger partial charge in [0.1, 0.15) is 0 Å². The molecule has 0 amide bonds. The van der Waals surface area contributed by atoms with E-state index >= 15 is 0 Å². The maximum atomic E-state index is 11.5. The summed E-state index contributed by atoms with van der Waals surface area (Å²) in [6.07, 6.45) is 0.726. The van der Waals surface area contributed by atoms with Crippen LogP contribution in [0.2, 0.25) is 5.02 Å². The number of aryl methyl sites for hydroxylation is 1. The lowest BCUT2D eigenvalue weighted by Crippen LogP contribution is -2.07. The summed E-state index contributed by atoms with van der Waals surface area (Å²) in [5.74, 6) is 0.438. The molecule has 20 heavy (non-hydrogen) atoms. The zero-order chi connectivity index (χ0) is 14.9. The van der Waals surface area contributed by atoms with Crippen molar-refractivity contribution in [1.29, 1.82) is 0 Å². The summed E-state index contributed by atoms with van der Waals surface area (Å²) >= 11 is 6.09. The number of halogens is 2. The topological polar surface area (TPSA) is 64.8 Å². The summed E-state index contributed by atoms with van der Waals surface area (Å²) in [5.41, 5.74) is 1.63. The van der Waals surface area contributed by atoms with Crippen molar-refractivity contribution in [3.05, 3.63) is 28.8 Å². The van der Waals surface area contributed by atoms with E-state index in [9.17, 15) is 8.42 Å². The van der Waals surface area contributed by atoms with Crippen molar-refractivity contribution >= 4 is 31.3 Å². The molecule has 108 valence electrons. The van der Waals surface area contributed by atoms with Gasteiger partial charge in [0, 0.05) is 27.8 Å². The predicted octanol–water partition coefficient (Wildman–Crippen LogP) is 3.24. The summed E-state index contributed by atoms with van der Waals surface area (Å²) < 4.78 is 24.5. The summed E-state index contributed by atoms with van der Waals surface area (Å²) in [5, 5.41) is 7.96. The molecule has 8 heteroatoms. The van der Waals surface area contributed by atoms with Crippen molar-refractivity contribution in [3.8, 4) is 11.4 Å². The van der Waals surface area contributed by atoms with Crippen LogP contribution in [-0.2, 0) is 15.6 Å². The second kappa shape index (κ2) is 5.71. The van der Waals surface area contributed by atoms with E-state index in [-0.39, 0.29) is 5.16 Å². The normalized spacial score (nSPS) is 11.8. The molecule has 1 heterocycles. The van der Waals surface area contributed by atoms with E-state index in [1.165, 1.54) is 4.57 Å². The quantitative estimate of drug-likeness (QED) is 0.805. The van der Waals surface area contributed by atoms with E-state index in [1.54, 1.807) is 6.07 Å². The summed E-state index contributed by atoms with van der Waals surface area (Å²) in [4.78, 5) is 0. The molecule has 0 aliphatic carbocycles. The van der Waals surface area contributed by atoms with E-state index in [2.05, 4.69) is 10.2 Å². The number of benzene rings is 1. The van der Waals surface area contributed by atoms with Crippen LogP contribution in [-0.4, -0.2) is 23.2 Å². The van der Waals surface area contributed by atoms with Crippen LogP contribution in [0.5, 0.6) is 0 Å². The first-order chi connectivity index (χ1) is 9.34. The smallest absolute Gasteiger partial charge is 0.296 e. The lowest BCUT2D eigenvalue weighted by atomic mass is 10.1. The second-order valence-corrected chi connectivity index (χ2v) is 7.23. The Hall–Kier alpha value is -1.11. The lowest BCUT2D eigenvalue weighted by molar-refractivity contribution is 0.570. The molecule has 0 aliphatic rings. The highest BCUT2D eigenvalue weighted by Crippen LogP contribution is 2.26. The van der Waals surface area contributed by atoms with Crippen LogP contribution in [0.1, 0.15) is 18.9 Å². The SMILES string of the molecule is CCCn1c(-c2ccc(C)c(Cl)c2)nnc1S(=O)(=O)Cl. The van der Waals surface area contributed by atoms with Crippen molar-refractivity contribution in [2.24, 2.45) is 0 Å². The Kier molecular flexibility index (Phi) is 4.36. The molecule has 0 saturated carbocycles. The molecule has 0 aliphatic heterocycles. The molecule has 2 aromatic rings. The van der Waals surface area contributed by atoms with Gasteiger partial charge in [-0.05, 0) is 25.0 Å². The van der Waals surface area contributed by atoms with Gasteiger partial charge in [0.2, 0.25) is 0 Å². The zero-order valence-corrected chi connectivity index (χ0v) is 13.3. The third-order valence-electron chi connectivity index (χ3n) is 2.81. The van der Waals surface area contributed by atoms with Gasteiger partial charge < -0.3 is 0 Å². The molecule has 0 unspecified atom stereocenters. The Morgan fingerprint density at radius 1 is 1.30 bits per heavy atom. The Bertz CT molecular complexity index is 741. The van der Waals surface area contributed by atoms with Crippen LogP contribution in [0, 0.1) is 6.92 Å². The van der Waals surface area contributed by atoms with Crippen LogP contribution in [0.3, 0.4) is 0 Å². The Morgan fingerprint density at radius 3 is 2.55 bits per heavy atom. The van der Waals surface area contributed by atoms with Gasteiger partial charge in [-0.1, -0.05) is 30.7 Å². The summed E-state index contributed by atoms with van der Waals surface area (Å²) in [6.45, 7) is 4.27. The predicted molar refractivity (Wildman–Crippen MR) is 78.5 cm³/mol. The summed E-state index contributed by atoms with van der Waals surface area (Å²) in [7, 11) is 1.45. The van der Waals surface area contributed by atoms with Gasteiger partial charge in [0.15, 0.2) is 5.82 Å². The van der Waals surface area contributed by atoms with Crippen molar-refractivity contribution < 1.29 is 8.42 Å². The Balaban J connectivity index is 2.62. The Morgan fingerprint density at radius 2 is 2.00 bits per heavy atom. The molecule has 0 fully saturated rings. The van der Waals surface area contributed by atoms with Crippen molar-refractivity contribution in [2.45, 2.75) is 32.0 Å². The van der Waals surface area contributed by atoms with Crippen LogP contribution in [0.25, 0.3) is 11.4 Å². The van der Waals surface area contributed by atoms with Crippen molar-refractivity contribution in [1.82, 2.24) is 14.8 Å². The summed E-state index contributed by atoms with van der Waals surface area (Å²) in [6, 6.07) is 5.40. The molecule has 0 radical (unpaired) electrons. The van der Waals surface area contributed by atoms with E-state index < -0.39 is 9.05 Å². The fraction of sp³-hybridized carbons (Fsp3) is 0.333. The van der Waals surface area contributed by atoms with E-state index in [1.807, 2.05) is 26.0 Å². The second-order valence-electron chi connectivity index (χ2n) is 4.36. The molecule has 0 N–H and O–H groups in total. The van der Waals surface area contributed by atoms with Crippen molar-refractivity contribution in [2.75, 3.05) is 0 Å². The number of aromatic nitrogens is 3. The minimum atomic E-state index is -3.93. The fourth-order valence-electron chi connectivity index (χ4n) is 1.84. The third-order valence-corrected chi connectivity index (χ3v) is 4.37. The van der Waals surface area contributed by atoms with Crippen LogP contribution < -0.4 is 0 Å². The molecule has 0 spiro atoms. The van der Waals surface area contributed by atoms with Gasteiger partial charge in [0.25, 0.3) is 14.2 Å². The van der Waals surface area contributed by atoms with Gasteiger partial charge in [-0.3, -0.25) is 4.57 Å². The molecular weight excluding hydrogens is 321 g/mol. The highest BCUT2D eigenvalue weighted by molar-refractivity contribution is 8.13. The van der Waals surface area contributed by atoms with E-state index in [0.29, 0.717) is 23.0 Å². The standard InChI is InChI=1S/C12H13Cl2N3O2S/c1-3-6-17-11(15-16-12(17)20(14,18)19)9-5-4-8(2)10(13)7-9/h4-5,7H,3,6H2,1-2H3. The minimum Gasteiger partial charge on any atom is -0.297 e. The molecule has 1 aromatic carbocycles.